The molecule has 0 spiro atoms. The van der Waals surface area contributed by atoms with Crippen LogP contribution in [0.15, 0.2) is 23.1 Å². The summed E-state index contributed by atoms with van der Waals surface area (Å²) in [6.45, 7) is 0.743. The van der Waals surface area contributed by atoms with Crippen LogP contribution in [0, 0.1) is 0 Å². The summed E-state index contributed by atoms with van der Waals surface area (Å²) in [6.07, 6.45) is 1.46. The molecule has 0 aliphatic carbocycles. The van der Waals surface area contributed by atoms with Crippen molar-refractivity contribution in [2.45, 2.75) is 17.7 Å². The van der Waals surface area contributed by atoms with Gasteiger partial charge in [-0.3, -0.25) is 0 Å². The summed E-state index contributed by atoms with van der Waals surface area (Å²) >= 11 is 0. The second kappa shape index (κ2) is 5.85. The van der Waals surface area contributed by atoms with E-state index in [1.54, 1.807) is 12.1 Å². The number of primary sulfonamides is 1. The van der Waals surface area contributed by atoms with Gasteiger partial charge in [-0.2, -0.15) is 0 Å². The number of unbranched alkanes of at least 4 members (excludes halogenated alkanes) is 1. The number of nitrogens with two attached hydrogens (primary N) is 2. The van der Waals surface area contributed by atoms with Gasteiger partial charge in [-0.25, -0.2) is 13.6 Å². The number of benzene rings is 1. The lowest BCUT2D eigenvalue weighted by Gasteiger charge is -2.11. The second-order valence-corrected chi connectivity index (χ2v) is 5.15. The molecule has 0 unspecified atom stereocenters. The summed E-state index contributed by atoms with van der Waals surface area (Å²) in [5.41, 5.74) is 6.37. The van der Waals surface area contributed by atoms with Crippen LogP contribution in [0.3, 0.4) is 0 Å². The number of anilines is 2. The molecule has 0 saturated heterocycles. The molecule has 17 heavy (non-hydrogen) atoms. The number of nitrogens with one attached hydrogen (secondary N) is 1. The third-order valence-electron chi connectivity index (χ3n) is 2.27. The molecule has 1 aromatic rings. The Kier molecular flexibility index (Phi) is 4.73. The van der Waals surface area contributed by atoms with Crippen molar-refractivity contribution in [1.82, 2.24) is 0 Å². The van der Waals surface area contributed by atoms with Crippen molar-refractivity contribution in [2.24, 2.45) is 5.14 Å². The van der Waals surface area contributed by atoms with E-state index >= 15 is 0 Å². The average Bonchev–Trinajstić information content (AvgIpc) is 2.25. The first kappa shape index (κ1) is 13.8. The smallest absolute Gasteiger partial charge is 0.240 e. The van der Waals surface area contributed by atoms with Gasteiger partial charge in [0.2, 0.25) is 10.0 Å². The predicted octanol–water partition coefficient (Wildman–Crippen LogP) is 0.101. The second-order valence-electron chi connectivity index (χ2n) is 3.62. The molecular formula is C10H17N3O3S. The Morgan fingerprint density at radius 3 is 2.59 bits per heavy atom. The summed E-state index contributed by atoms with van der Waals surface area (Å²) in [4.78, 5) is -0.0790. The van der Waals surface area contributed by atoms with E-state index in [0.29, 0.717) is 18.7 Å². The van der Waals surface area contributed by atoms with Gasteiger partial charge in [0.15, 0.2) is 0 Å². The number of rotatable bonds is 6. The Balaban J connectivity index is 2.81. The number of aliphatic hydroxyl groups excluding tert-OH is 1. The lowest BCUT2D eigenvalue weighted by atomic mass is 10.2. The van der Waals surface area contributed by atoms with Gasteiger partial charge < -0.3 is 16.2 Å². The molecule has 0 heterocycles. The zero-order chi connectivity index (χ0) is 12.9. The zero-order valence-corrected chi connectivity index (χ0v) is 10.2. The summed E-state index contributed by atoms with van der Waals surface area (Å²) < 4.78 is 22.4. The number of nitrogen functional groups attached to an aromatic ring is 1. The molecule has 0 aromatic heterocycles. The number of aliphatic hydroxyl groups is 1. The Hall–Kier alpha value is -1.31. The van der Waals surface area contributed by atoms with Crippen LogP contribution >= 0.6 is 0 Å². The van der Waals surface area contributed by atoms with Crippen molar-refractivity contribution in [1.29, 1.82) is 0 Å². The van der Waals surface area contributed by atoms with Crippen molar-refractivity contribution in [3.05, 3.63) is 18.2 Å². The molecule has 7 heteroatoms. The molecule has 0 bridgehead atoms. The average molecular weight is 259 g/mol. The molecule has 6 N–H and O–H groups in total. The third kappa shape index (κ3) is 3.88. The molecule has 0 atom stereocenters. The SMILES string of the molecule is Nc1c(NCCCCO)cccc1S(N)(=O)=O. The summed E-state index contributed by atoms with van der Waals surface area (Å²) in [5.74, 6) is 0. The van der Waals surface area contributed by atoms with E-state index in [1.165, 1.54) is 6.07 Å². The fraction of sp³-hybridized carbons (Fsp3) is 0.400. The number of hydrogen-bond donors (Lipinski definition) is 4. The van der Waals surface area contributed by atoms with Crippen LogP contribution in [0.25, 0.3) is 0 Å². The Morgan fingerprint density at radius 1 is 1.29 bits per heavy atom. The van der Waals surface area contributed by atoms with Crippen LogP contribution in [-0.4, -0.2) is 26.7 Å². The largest absolute Gasteiger partial charge is 0.396 e. The van der Waals surface area contributed by atoms with E-state index in [0.717, 1.165) is 6.42 Å². The maximum absolute atomic E-state index is 11.2. The molecule has 0 radical (unpaired) electrons. The molecule has 0 amide bonds. The van der Waals surface area contributed by atoms with Gasteiger partial charge in [-0.05, 0) is 25.0 Å². The Labute approximate surface area is 101 Å². The van der Waals surface area contributed by atoms with E-state index in [-0.39, 0.29) is 17.2 Å². The molecular weight excluding hydrogens is 242 g/mol. The van der Waals surface area contributed by atoms with Crippen LogP contribution in [0.4, 0.5) is 11.4 Å². The van der Waals surface area contributed by atoms with Crippen LogP contribution in [0.1, 0.15) is 12.8 Å². The molecule has 96 valence electrons. The van der Waals surface area contributed by atoms with Crippen molar-refractivity contribution in [2.75, 3.05) is 24.2 Å². The first-order valence-corrected chi connectivity index (χ1v) is 6.77. The quantitative estimate of drug-likeness (QED) is 0.427. The summed E-state index contributed by atoms with van der Waals surface area (Å²) in [5, 5.41) is 16.7. The first-order valence-electron chi connectivity index (χ1n) is 5.23. The molecule has 0 fully saturated rings. The standard InChI is InChI=1S/C10H17N3O3S/c11-10-8(13-6-1-2-7-14)4-3-5-9(10)17(12,15)16/h3-5,13-14H,1-2,6-7,11H2,(H2,12,15,16). The minimum absolute atomic E-state index is 0.0790. The molecule has 1 rings (SSSR count). The highest BCUT2D eigenvalue weighted by Gasteiger charge is 2.14. The van der Waals surface area contributed by atoms with Crippen LogP contribution < -0.4 is 16.2 Å². The minimum atomic E-state index is -3.80. The lowest BCUT2D eigenvalue weighted by Crippen LogP contribution is -2.15. The fourth-order valence-electron chi connectivity index (χ4n) is 1.41. The van der Waals surface area contributed by atoms with E-state index in [9.17, 15) is 8.42 Å². The van der Waals surface area contributed by atoms with E-state index < -0.39 is 10.0 Å². The highest BCUT2D eigenvalue weighted by molar-refractivity contribution is 7.89. The van der Waals surface area contributed by atoms with Gasteiger partial charge in [0.1, 0.15) is 4.90 Å². The maximum atomic E-state index is 11.2. The summed E-state index contributed by atoms with van der Waals surface area (Å²) in [6, 6.07) is 4.62. The molecule has 0 saturated carbocycles. The summed E-state index contributed by atoms with van der Waals surface area (Å²) in [7, 11) is -3.80. The molecule has 0 aliphatic heterocycles. The molecule has 6 nitrogen and oxygen atoms in total. The maximum Gasteiger partial charge on any atom is 0.240 e. The van der Waals surface area contributed by atoms with Crippen LogP contribution in [0.2, 0.25) is 0 Å². The molecule has 0 aliphatic rings. The monoisotopic (exact) mass is 259 g/mol. The number of hydrogen-bond acceptors (Lipinski definition) is 5. The highest BCUT2D eigenvalue weighted by atomic mass is 32.2. The highest BCUT2D eigenvalue weighted by Crippen LogP contribution is 2.25. The first-order chi connectivity index (χ1) is 7.96. The normalized spacial score (nSPS) is 11.4. The Morgan fingerprint density at radius 2 is 2.00 bits per heavy atom. The van der Waals surface area contributed by atoms with E-state index in [2.05, 4.69) is 5.32 Å². The van der Waals surface area contributed by atoms with Gasteiger partial charge in [0.05, 0.1) is 11.4 Å². The lowest BCUT2D eigenvalue weighted by molar-refractivity contribution is 0.286. The van der Waals surface area contributed by atoms with Crippen molar-refractivity contribution >= 4 is 21.4 Å². The minimum Gasteiger partial charge on any atom is -0.396 e. The van der Waals surface area contributed by atoms with Crippen LogP contribution in [0.5, 0.6) is 0 Å². The third-order valence-corrected chi connectivity index (χ3v) is 3.24. The zero-order valence-electron chi connectivity index (χ0n) is 9.39. The van der Waals surface area contributed by atoms with Crippen LogP contribution in [-0.2, 0) is 10.0 Å². The van der Waals surface area contributed by atoms with E-state index in [4.69, 9.17) is 16.0 Å². The number of sulfonamides is 1. The predicted molar refractivity (Wildman–Crippen MR) is 67.0 cm³/mol. The van der Waals surface area contributed by atoms with Gasteiger partial charge >= 0.3 is 0 Å². The Bertz CT molecular complexity index is 474. The molecule has 1 aromatic carbocycles. The fourth-order valence-corrected chi connectivity index (χ4v) is 2.09. The number of para-hydroxylation sites is 1. The van der Waals surface area contributed by atoms with Crippen molar-refractivity contribution < 1.29 is 13.5 Å². The van der Waals surface area contributed by atoms with E-state index in [1.807, 2.05) is 0 Å². The van der Waals surface area contributed by atoms with Crippen molar-refractivity contribution in [3.63, 3.8) is 0 Å². The van der Waals surface area contributed by atoms with Crippen molar-refractivity contribution in [3.8, 4) is 0 Å². The van der Waals surface area contributed by atoms with Gasteiger partial charge in [0, 0.05) is 13.2 Å². The topological polar surface area (TPSA) is 118 Å². The van der Waals surface area contributed by atoms with Gasteiger partial charge in [-0.15, -0.1) is 0 Å². The van der Waals surface area contributed by atoms with Gasteiger partial charge in [0.25, 0.3) is 0 Å². The van der Waals surface area contributed by atoms with Gasteiger partial charge in [-0.1, -0.05) is 6.07 Å².